The molecule has 0 amide bonds. The third kappa shape index (κ3) is 3.90. The van der Waals surface area contributed by atoms with E-state index in [1.54, 1.807) is 6.08 Å². The Morgan fingerprint density at radius 2 is 1.81 bits per heavy atom. The van der Waals surface area contributed by atoms with Crippen LogP contribution in [0.2, 0.25) is 0 Å². The quantitative estimate of drug-likeness (QED) is 0.584. The molecule has 84 valence electrons. The van der Waals surface area contributed by atoms with Gasteiger partial charge in [0.2, 0.25) is 0 Å². The van der Waals surface area contributed by atoms with E-state index in [0.29, 0.717) is 5.92 Å². The average molecular weight is 212 g/mol. The maximum absolute atomic E-state index is 4.09. The van der Waals surface area contributed by atoms with Crippen molar-refractivity contribution in [3.05, 3.63) is 73.4 Å². The Morgan fingerprint density at radius 1 is 1.19 bits per heavy atom. The molecule has 0 heterocycles. The summed E-state index contributed by atoms with van der Waals surface area (Å²) >= 11 is 0. The molecular formula is C16H20. The second-order valence-electron chi connectivity index (χ2n) is 4.62. The second kappa shape index (κ2) is 5.50. The van der Waals surface area contributed by atoms with Crippen LogP contribution in [0.3, 0.4) is 0 Å². The van der Waals surface area contributed by atoms with Gasteiger partial charge < -0.3 is 0 Å². The summed E-state index contributed by atoms with van der Waals surface area (Å²) in [6.45, 7) is 12.1. The second-order valence-corrected chi connectivity index (χ2v) is 4.62. The van der Waals surface area contributed by atoms with Crippen molar-refractivity contribution >= 4 is 0 Å². The minimum Gasteiger partial charge on any atom is -0.0991 e. The Morgan fingerprint density at radius 3 is 2.38 bits per heavy atom. The van der Waals surface area contributed by atoms with E-state index in [9.17, 15) is 0 Å². The first kappa shape index (κ1) is 12.5. The van der Waals surface area contributed by atoms with Gasteiger partial charge in [-0.15, -0.1) is 0 Å². The highest BCUT2D eigenvalue weighted by Crippen LogP contribution is 2.23. The molecule has 0 spiro atoms. The molecule has 1 rings (SSSR count). The van der Waals surface area contributed by atoms with E-state index in [1.165, 1.54) is 0 Å². The molecule has 1 aliphatic carbocycles. The largest absolute Gasteiger partial charge is 0.0991 e. The molecule has 0 aliphatic heterocycles. The molecule has 0 bridgehead atoms. The summed E-state index contributed by atoms with van der Waals surface area (Å²) in [6, 6.07) is 0. The van der Waals surface area contributed by atoms with Crippen LogP contribution in [0.5, 0.6) is 0 Å². The fourth-order valence-electron chi connectivity index (χ4n) is 1.48. The molecule has 0 saturated carbocycles. The summed E-state index contributed by atoms with van der Waals surface area (Å²) in [5.41, 5.74) is 1.17. The normalized spacial score (nSPS) is 16.6. The summed E-state index contributed by atoms with van der Waals surface area (Å²) in [6.07, 6.45) is 18.6. The van der Waals surface area contributed by atoms with Crippen molar-refractivity contribution in [1.29, 1.82) is 0 Å². The molecule has 1 aliphatic rings. The van der Waals surface area contributed by atoms with Gasteiger partial charge in [-0.25, -0.2) is 0 Å². The van der Waals surface area contributed by atoms with Crippen molar-refractivity contribution < 1.29 is 0 Å². The standard InChI is InChI=1S/C16H20/c1-5-6-12-16(3,4)13-11-14(2)15-9-7-8-10-15/h5-13,15H,1-2H2,3-4H3/b12-6+,13-11-. The highest BCUT2D eigenvalue weighted by molar-refractivity contribution is 5.34. The van der Waals surface area contributed by atoms with Gasteiger partial charge in [-0.1, -0.05) is 81.7 Å². The van der Waals surface area contributed by atoms with Gasteiger partial charge in [0.05, 0.1) is 0 Å². The highest BCUT2D eigenvalue weighted by Gasteiger charge is 2.10. The monoisotopic (exact) mass is 212 g/mol. The van der Waals surface area contributed by atoms with Crippen molar-refractivity contribution in [3.8, 4) is 0 Å². The summed E-state index contributed by atoms with van der Waals surface area (Å²) in [4.78, 5) is 0. The molecular weight excluding hydrogens is 192 g/mol. The van der Waals surface area contributed by atoms with Crippen LogP contribution in [-0.4, -0.2) is 0 Å². The van der Waals surface area contributed by atoms with Gasteiger partial charge in [0.25, 0.3) is 0 Å². The van der Waals surface area contributed by atoms with Crippen LogP contribution >= 0.6 is 0 Å². The average Bonchev–Trinajstić information content (AvgIpc) is 2.77. The molecule has 0 unspecified atom stereocenters. The van der Waals surface area contributed by atoms with Crippen molar-refractivity contribution in [3.63, 3.8) is 0 Å². The van der Waals surface area contributed by atoms with E-state index in [4.69, 9.17) is 0 Å². The van der Waals surface area contributed by atoms with Gasteiger partial charge in [-0.05, 0) is 5.57 Å². The van der Waals surface area contributed by atoms with E-state index in [0.717, 1.165) is 5.57 Å². The zero-order chi connectivity index (χ0) is 12.0. The summed E-state index contributed by atoms with van der Waals surface area (Å²) in [5, 5.41) is 0. The number of hydrogen-bond donors (Lipinski definition) is 0. The lowest BCUT2D eigenvalue weighted by atomic mass is 9.90. The summed E-state index contributed by atoms with van der Waals surface area (Å²) in [7, 11) is 0. The molecule has 0 aromatic rings. The van der Waals surface area contributed by atoms with Gasteiger partial charge in [-0.2, -0.15) is 0 Å². The van der Waals surface area contributed by atoms with Crippen molar-refractivity contribution in [2.75, 3.05) is 0 Å². The highest BCUT2D eigenvalue weighted by atomic mass is 14.1. The van der Waals surface area contributed by atoms with Crippen molar-refractivity contribution in [1.82, 2.24) is 0 Å². The van der Waals surface area contributed by atoms with E-state index in [-0.39, 0.29) is 5.41 Å². The van der Waals surface area contributed by atoms with Crippen LogP contribution in [0.4, 0.5) is 0 Å². The first-order valence-electron chi connectivity index (χ1n) is 5.58. The molecule has 0 radical (unpaired) electrons. The molecule has 0 N–H and O–H groups in total. The van der Waals surface area contributed by atoms with Crippen LogP contribution in [0.1, 0.15) is 13.8 Å². The van der Waals surface area contributed by atoms with E-state index in [2.05, 4.69) is 69.5 Å². The van der Waals surface area contributed by atoms with E-state index < -0.39 is 0 Å². The first-order chi connectivity index (χ1) is 7.55. The van der Waals surface area contributed by atoms with Crippen LogP contribution < -0.4 is 0 Å². The summed E-state index contributed by atoms with van der Waals surface area (Å²) in [5.74, 6) is 0.371. The third-order valence-electron chi connectivity index (χ3n) is 2.56. The van der Waals surface area contributed by atoms with Crippen LogP contribution in [-0.2, 0) is 0 Å². The Bertz CT molecular complexity index is 361. The minimum atomic E-state index is 0.0448. The third-order valence-corrected chi connectivity index (χ3v) is 2.56. The van der Waals surface area contributed by atoms with Crippen LogP contribution in [0.15, 0.2) is 73.4 Å². The lowest BCUT2D eigenvalue weighted by Gasteiger charge is -2.15. The van der Waals surface area contributed by atoms with Crippen molar-refractivity contribution in [2.24, 2.45) is 11.3 Å². The molecule has 0 nitrogen and oxygen atoms in total. The maximum atomic E-state index is 4.09. The maximum Gasteiger partial charge on any atom is 0.0198 e. The van der Waals surface area contributed by atoms with Gasteiger partial charge in [0.1, 0.15) is 0 Å². The lowest BCUT2D eigenvalue weighted by molar-refractivity contribution is 0.625. The Kier molecular flexibility index (Phi) is 4.30. The minimum absolute atomic E-state index is 0.0448. The topological polar surface area (TPSA) is 0 Å². The lowest BCUT2D eigenvalue weighted by Crippen LogP contribution is -2.02. The summed E-state index contributed by atoms with van der Waals surface area (Å²) < 4.78 is 0. The fraction of sp³-hybridized carbons (Fsp3) is 0.250. The van der Waals surface area contributed by atoms with Gasteiger partial charge in [0, 0.05) is 11.3 Å². The Balaban J connectivity index is 2.61. The predicted molar refractivity (Wildman–Crippen MR) is 73.2 cm³/mol. The zero-order valence-corrected chi connectivity index (χ0v) is 10.2. The van der Waals surface area contributed by atoms with Gasteiger partial charge in [0.15, 0.2) is 0 Å². The molecule has 0 atom stereocenters. The van der Waals surface area contributed by atoms with E-state index >= 15 is 0 Å². The zero-order valence-electron chi connectivity index (χ0n) is 10.2. The number of allylic oxidation sites excluding steroid dienone is 10. The number of rotatable bonds is 5. The Labute approximate surface area is 99.1 Å². The molecule has 0 saturated heterocycles. The number of hydrogen-bond acceptors (Lipinski definition) is 0. The van der Waals surface area contributed by atoms with Crippen LogP contribution in [0.25, 0.3) is 0 Å². The molecule has 0 aromatic carbocycles. The van der Waals surface area contributed by atoms with Crippen molar-refractivity contribution in [2.45, 2.75) is 13.8 Å². The van der Waals surface area contributed by atoms with Crippen LogP contribution in [0, 0.1) is 11.3 Å². The predicted octanol–water partition coefficient (Wildman–Crippen LogP) is 4.61. The SMILES string of the molecule is C=C/C=C/C(C)(C)/C=C\C(=C)C1C=CC=C1. The van der Waals surface area contributed by atoms with Gasteiger partial charge in [-0.3, -0.25) is 0 Å². The van der Waals surface area contributed by atoms with E-state index in [1.807, 2.05) is 6.08 Å². The molecule has 0 aromatic heterocycles. The fourth-order valence-corrected chi connectivity index (χ4v) is 1.48. The smallest absolute Gasteiger partial charge is 0.0198 e. The molecule has 0 fully saturated rings. The van der Waals surface area contributed by atoms with Gasteiger partial charge >= 0.3 is 0 Å². The first-order valence-corrected chi connectivity index (χ1v) is 5.58. The molecule has 16 heavy (non-hydrogen) atoms. The molecule has 0 heteroatoms. The Hall–Kier alpha value is -1.56.